The molecule has 18 heavy (non-hydrogen) atoms. The van der Waals surface area contributed by atoms with Gasteiger partial charge in [0.05, 0.1) is 5.69 Å². The third-order valence-electron chi connectivity index (χ3n) is 3.25. The van der Waals surface area contributed by atoms with Gasteiger partial charge in [0.2, 0.25) is 11.5 Å². The zero-order valence-corrected chi connectivity index (χ0v) is 10.6. The molecule has 1 aliphatic heterocycles. The van der Waals surface area contributed by atoms with E-state index in [9.17, 15) is 9.59 Å². The molecule has 1 aromatic heterocycles. The number of rotatable bonds is 4. The molecular weight excluding hydrogens is 230 g/mol. The predicted molar refractivity (Wildman–Crippen MR) is 70.6 cm³/mol. The number of carbonyl (C=O) groups excluding carboxylic acids is 1. The van der Waals surface area contributed by atoms with Gasteiger partial charge in [-0.05, 0) is 31.9 Å². The number of nitrogens with one attached hydrogen (secondary N) is 2. The minimum Gasteiger partial charge on any atom is -0.325 e. The molecule has 5 nitrogen and oxygen atoms in total. The van der Waals surface area contributed by atoms with Gasteiger partial charge < -0.3 is 15.2 Å². The minimum absolute atomic E-state index is 0.00217. The van der Waals surface area contributed by atoms with E-state index in [0.29, 0.717) is 18.2 Å². The molecule has 1 atom stereocenters. The summed E-state index contributed by atoms with van der Waals surface area (Å²) in [5.41, 5.74) is 0.588. The molecule has 0 bridgehead atoms. The number of nitrogens with zero attached hydrogens (tertiary/aromatic N) is 1. The number of anilines is 1. The summed E-state index contributed by atoms with van der Waals surface area (Å²) in [5, 5.41) is 6.17. The summed E-state index contributed by atoms with van der Waals surface area (Å²) < 4.78 is 1.45. The van der Waals surface area contributed by atoms with E-state index in [1.807, 2.05) is 0 Å². The van der Waals surface area contributed by atoms with Crippen molar-refractivity contribution in [3.05, 3.63) is 28.7 Å². The van der Waals surface area contributed by atoms with Gasteiger partial charge in [0, 0.05) is 31.8 Å². The van der Waals surface area contributed by atoms with Gasteiger partial charge in [0.25, 0.3) is 0 Å². The standard InChI is InChI=1S/C13H19N3O2/c1-16-9-11(5-7-13(16)18)15-12(17)6-4-10-3-2-8-14-10/h5,7,9-10,14H,2-4,6,8H2,1H3,(H,15,17). The highest BCUT2D eigenvalue weighted by molar-refractivity contribution is 5.90. The Morgan fingerprint density at radius 2 is 2.39 bits per heavy atom. The summed E-state index contributed by atoms with van der Waals surface area (Å²) in [4.78, 5) is 22.9. The fourth-order valence-electron chi connectivity index (χ4n) is 2.20. The van der Waals surface area contributed by atoms with E-state index in [-0.39, 0.29) is 11.5 Å². The lowest BCUT2D eigenvalue weighted by Crippen LogP contribution is -2.24. The van der Waals surface area contributed by atoms with Crippen LogP contribution in [-0.2, 0) is 11.8 Å². The van der Waals surface area contributed by atoms with Crippen LogP contribution in [-0.4, -0.2) is 23.1 Å². The zero-order chi connectivity index (χ0) is 13.0. The third-order valence-corrected chi connectivity index (χ3v) is 3.25. The third kappa shape index (κ3) is 3.43. The van der Waals surface area contributed by atoms with Crippen LogP contribution in [0.4, 0.5) is 5.69 Å². The molecule has 1 saturated heterocycles. The number of aryl methyl sites for hydroxylation is 1. The van der Waals surface area contributed by atoms with E-state index in [1.54, 1.807) is 19.3 Å². The Morgan fingerprint density at radius 3 is 3.06 bits per heavy atom. The van der Waals surface area contributed by atoms with Crippen molar-refractivity contribution in [2.75, 3.05) is 11.9 Å². The quantitative estimate of drug-likeness (QED) is 0.831. The maximum atomic E-state index is 11.7. The van der Waals surface area contributed by atoms with Gasteiger partial charge in [-0.25, -0.2) is 0 Å². The lowest BCUT2D eigenvalue weighted by atomic mass is 10.1. The van der Waals surface area contributed by atoms with Crippen LogP contribution in [0.3, 0.4) is 0 Å². The predicted octanol–water partition coefficient (Wildman–Crippen LogP) is 0.856. The van der Waals surface area contributed by atoms with E-state index in [2.05, 4.69) is 10.6 Å². The van der Waals surface area contributed by atoms with Gasteiger partial charge in [-0.1, -0.05) is 0 Å². The van der Waals surface area contributed by atoms with Crippen LogP contribution < -0.4 is 16.2 Å². The summed E-state index contributed by atoms with van der Waals surface area (Å²) >= 11 is 0. The molecule has 2 heterocycles. The maximum Gasteiger partial charge on any atom is 0.250 e. The van der Waals surface area contributed by atoms with Crippen LogP contribution in [0, 0.1) is 0 Å². The van der Waals surface area contributed by atoms with Crippen LogP contribution in [0.15, 0.2) is 23.1 Å². The summed E-state index contributed by atoms with van der Waals surface area (Å²) in [6, 6.07) is 3.57. The lowest BCUT2D eigenvalue weighted by molar-refractivity contribution is -0.116. The molecule has 1 fully saturated rings. The van der Waals surface area contributed by atoms with Crippen molar-refractivity contribution in [1.82, 2.24) is 9.88 Å². The molecule has 1 amide bonds. The van der Waals surface area contributed by atoms with Crippen molar-refractivity contribution in [2.45, 2.75) is 31.7 Å². The Balaban J connectivity index is 1.82. The minimum atomic E-state index is -0.0804. The number of aromatic nitrogens is 1. The van der Waals surface area contributed by atoms with E-state index >= 15 is 0 Å². The SMILES string of the molecule is Cn1cc(NC(=O)CCC2CCCN2)ccc1=O. The molecular formula is C13H19N3O2. The fourth-order valence-corrected chi connectivity index (χ4v) is 2.20. The average molecular weight is 249 g/mol. The van der Waals surface area contributed by atoms with Crippen molar-refractivity contribution in [3.8, 4) is 0 Å². The number of hydrogen-bond donors (Lipinski definition) is 2. The second-order valence-electron chi connectivity index (χ2n) is 4.75. The van der Waals surface area contributed by atoms with Crippen LogP contribution >= 0.6 is 0 Å². The van der Waals surface area contributed by atoms with Gasteiger partial charge in [0.15, 0.2) is 0 Å². The Hall–Kier alpha value is -1.62. The summed E-state index contributed by atoms with van der Waals surface area (Å²) in [6.07, 6.45) is 5.38. The average Bonchev–Trinajstić information content (AvgIpc) is 2.84. The van der Waals surface area contributed by atoms with E-state index in [1.165, 1.54) is 17.1 Å². The molecule has 5 heteroatoms. The molecule has 2 rings (SSSR count). The molecule has 0 spiro atoms. The van der Waals surface area contributed by atoms with Crippen LogP contribution in [0.2, 0.25) is 0 Å². The Morgan fingerprint density at radius 1 is 1.56 bits per heavy atom. The topological polar surface area (TPSA) is 63.1 Å². The number of hydrogen-bond acceptors (Lipinski definition) is 3. The van der Waals surface area contributed by atoms with Crippen LogP contribution in [0.25, 0.3) is 0 Å². The molecule has 2 N–H and O–H groups in total. The van der Waals surface area contributed by atoms with Crippen molar-refractivity contribution in [2.24, 2.45) is 7.05 Å². The van der Waals surface area contributed by atoms with Gasteiger partial charge in [-0.3, -0.25) is 9.59 Å². The fraction of sp³-hybridized carbons (Fsp3) is 0.538. The number of carbonyl (C=O) groups is 1. The Kier molecular flexibility index (Phi) is 4.15. The Labute approximate surface area is 106 Å². The highest BCUT2D eigenvalue weighted by Gasteiger charge is 2.15. The Bertz CT molecular complexity index is 475. The van der Waals surface area contributed by atoms with Gasteiger partial charge in [-0.2, -0.15) is 0 Å². The maximum absolute atomic E-state index is 11.7. The molecule has 0 radical (unpaired) electrons. The molecule has 1 unspecified atom stereocenters. The summed E-state index contributed by atoms with van der Waals surface area (Å²) in [6.45, 7) is 1.06. The van der Waals surface area contributed by atoms with Crippen LogP contribution in [0.5, 0.6) is 0 Å². The molecule has 98 valence electrons. The van der Waals surface area contributed by atoms with Crippen LogP contribution in [0.1, 0.15) is 25.7 Å². The first kappa shape index (κ1) is 12.8. The van der Waals surface area contributed by atoms with Crippen molar-refractivity contribution in [3.63, 3.8) is 0 Å². The van der Waals surface area contributed by atoms with E-state index in [0.717, 1.165) is 19.4 Å². The van der Waals surface area contributed by atoms with Gasteiger partial charge in [0.1, 0.15) is 0 Å². The summed E-state index contributed by atoms with van der Waals surface area (Å²) in [5.74, 6) is 0.00217. The second-order valence-corrected chi connectivity index (χ2v) is 4.75. The molecule has 0 aliphatic carbocycles. The van der Waals surface area contributed by atoms with E-state index in [4.69, 9.17) is 0 Å². The zero-order valence-electron chi connectivity index (χ0n) is 10.6. The summed E-state index contributed by atoms with van der Waals surface area (Å²) in [7, 11) is 1.67. The monoisotopic (exact) mass is 249 g/mol. The molecule has 1 aliphatic rings. The van der Waals surface area contributed by atoms with Crippen molar-refractivity contribution in [1.29, 1.82) is 0 Å². The highest BCUT2D eigenvalue weighted by Crippen LogP contribution is 2.11. The molecule has 1 aromatic rings. The smallest absolute Gasteiger partial charge is 0.250 e. The molecule has 0 aromatic carbocycles. The normalized spacial score (nSPS) is 18.8. The first-order valence-electron chi connectivity index (χ1n) is 6.35. The number of amides is 1. The van der Waals surface area contributed by atoms with Crippen molar-refractivity contribution < 1.29 is 4.79 Å². The largest absolute Gasteiger partial charge is 0.325 e. The molecule has 0 saturated carbocycles. The van der Waals surface area contributed by atoms with Gasteiger partial charge >= 0.3 is 0 Å². The first-order chi connectivity index (χ1) is 8.65. The second kappa shape index (κ2) is 5.82. The highest BCUT2D eigenvalue weighted by atomic mass is 16.1. The first-order valence-corrected chi connectivity index (χ1v) is 6.35. The van der Waals surface area contributed by atoms with E-state index < -0.39 is 0 Å². The van der Waals surface area contributed by atoms with Gasteiger partial charge in [-0.15, -0.1) is 0 Å². The number of pyridine rings is 1. The van der Waals surface area contributed by atoms with Crippen molar-refractivity contribution >= 4 is 11.6 Å². The lowest BCUT2D eigenvalue weighted by Gasteiger charge is -2.10.